The van der Waals surface area contributed by atoms with Crippen LogP contribution in [-0.4, -0.2) is 24.3 Å². The van der Waals surface area contributed by atoms with E-state index in [-0.39, 0.29) is 17.7 Å². The minimum Gasteiger partial charge on any atom is -0.469 e. The predicted molar refractivity (Wildman–Crippen MR) is 61.9 cm³/mol. The van der Waals surface area contributed by atoms with E-state index in [2.05, 4.69) is 20.7 Å². The summed E-state index contributed by atoms with van der Waals surface area (Å²) in [7, 11) is 1.23. The van der Waals surface area contributed by atoms with E-state index in [1.165, 1.54) is 19.2 Å². The van der Waals surface area contributed by atoms with E-state index >= 15 is 0 Å². The van der Waals surface area contributed by atoms with Crippen molar-refractivity contribution < 1.29 is 19.2 Å². The van der Waals surface area contributed by atoms with Crippen LogP contribution in [0.1, 0.15) is 15.9 Å². The van der Waals surface area contributed by atoms with Gasteiger partial charge in [-0.1, -0.05) is 15.9 Å². The van der Waals surface area contributed by atoms with Gasteiger partial charge in [0.2, 0.25) is 0 Å². The van der Waals surface area contributed by atoms with Gasteiger partial charge in [-0.15, -0.1) is 0 Å². The third-order valence-corrected chi connectivity index (χ3v) is 2.82. The number of carbonyl (C=O) groups excluding carboxylic acids is 2. The normalized spacial score (nSPS) is 9.76. The Morgan fingerprint density at radius 3 is 2.71 bits per heavy atom. The SMILES string of the molecule is COC(=O)Cc1cc([N+](=O)[O-])c(C=O)cc1Br. The van der Waals surface area contributed by atoms with Crippen LogP contribution in [-0.2, 0) is 16.0 Å². The van der Waals surface area contributed by atoms with Gasteiger partial charge in [-0.2, -0.15) is 0 Å². The monoisotopic (exact) mass is 301 g/mol. The third kappa shape index (κ3) is 3.10. The summed E-state index contributed by atoms with van der Waals surface area (Å²) in [4.78, 5) is 31.8. The number of hydrogen-bond acceptors (Lipinski definition) is 5. The summed E-state index contributed by atoms with van der Waals surface area (Å²) in [6, 6.07) is 2.49. The molecule has 7 heteroatoms. The number of nitro groups is 1. The van der Waals surface area contributed by atoms with Crippen molar-refractivity contribution in [3.8, 4) is 0 Å². The van der Waals surface area contributed by atoms with Crippen LogP contribution in [0.25, 0.3) is 0 Å². The molecule has 0 spiro atoms. The van der Waals surface area contributed by atoms with Crippen molar-refractivity contribution >= 4 is 33.9 Å². The van der Waals surface area contributed by atoms with Gasteiger partial charge < -0.3 is 4.74 Å². The molecule has 17 heavy (non-hydrogen) atoms. The van der Waals surface area contributed by atoms with Gasteiger partial charge in [-0.3, -0.25) is 19.7 Å². The summed E-state index contributed by atoms with van der Waals surface area (Å²) in [6.45, 7) is 0. The predicted octanol–water partition coefficient (Wildman–Crippen LogP) is 1.89. The number of ether oxygens (including phenoxy) is 1. The van der Waals surface area contributed by atoms with Crippen molar-refractivity contribution in [2.24, 2.45) is 0 Å². The Hall–Kier alpha value is -1.76. The number of aldehydes is 1. The van der Waals surface area contributed by atoms with E-state index in [9.17, 15) is 19.7 Å². The van der Waals surface area contributed by atoms with Crippen LogP contribution in [0.15, 0.2) is 16.6 Å². The van der Waals surface area contributed by atoms with Crippen molar-refractivity contribution in [1.82, 2.24) is 0 Å². The van der Waals surface area contributed by atoms with Gasteiger partial charge in [0.25, 0.3) is 5.69 Å². The lowest BCUT2D eigenvalue weighted by Crippen LogP contribution is -2.06. The Bertz CT molecular complexity index is 486. The lowest BCUT2D eigenvalue weighted by atomic mass is 10.1. The molecule has 0 bridgehead atoms. The van der Waals surface area contributed by atoms with Crippen molar-refractivity contribution in [1.29, 1.82) is 0 Å². The van der Waals surface area contributed by atoms with Crippen molar-refractivity contribution in [2.75, 3.05) is 7.11 Å². The molecule has 0 aliphatic heterocycles. The van der Waals surface area contributed by atoms with Crippen LogP contribution in [0.5, 0.6) is 0 Å². The van der Waals surface area contributed by atoms with Crippen LogP contribution < -0.4 is 0 Å². The molecular weight excluding hydrogens is 294 g/mol. The molecule has 0 aliphatic rings. The molecule has 6 nitrogen and oxygen atoms in total. The fraction of sp³-hybridized carbons (Fsp3) is 0.200. The number of esters is 1. The van der Waals surface area contributed by atoms with Gasteiger partial charge in [0.05, 0.1) is 24.0 Å². The van der Waals surface area contributed by atoms with Crippen molar-refractivity contribution in [3.63, 3.8) is 0 Å². The first kappa shape index (κ1) is 13.3. The number of carbonyl (C=O) groups is 2. The minimum absolute atomic E-state index is 0.0458. The largest absolute Gasteiger partial charge is 0.469 e. The standard InChI is InChI=1S/C10H8BrNO5/c1-17-10(14)4-6-3-9(12(15)16)7(5-13)2-8(6)11/h2-3,5H,4H2,1H3. The Morgan fingerprint density at radius 2 is 2.24 bits per heavy atom. The molecule has 0 fully saturated rings. The molecule has 0 amide bonds. The Labute approximate surface area is 105 Å². The smallest absolute Gasteiger partial charge is 0.310 e. The van der Waals surface area contributed by atoms with Crippen LogP contribution in [0, 0.1) is 10.1 Å². The van der Waals surface area contributed by atoms with E-state index in [1.807, 2.05) is 0 Å². The average Bonchev–Trinajstić information content (AvgIpc) is 2.30. The molecule has 0 atom stereocenters. The minimum atomic E-state index is -0.670. The van der Waals surface area contributed by atoms with Gasteiger partial charge in [0.15, 0.2) is 6.29 Å². The van der Waals surface area contributed by atoms with Crippen LogP contribution in [0.3, 0.4) is 0 Å². The first-order valence-corrected chi connectivity index (χ1v) is 5.27. The summed E-state index contributed by atoms with van der Waals surface area (Å²) >= 11 is 3.14. The maximum atomic E-state index is 11.1. The molecule has 1 aromatic carbocycles. The summed E-state index contributed by atoms with van der Waals surface area (Å²) < 4.78 is 4.92. The summed E-state index contributed by atoms with van der Waals surface area (Å²) in [5.41, 5.74) is 0.0201. The molecular formula is C10H8BrNO5. The number of benzene rings is 1. The van der Waals surface area contributed by atoms with E-state index in [1.54, 1.807) is 0 Å². The zero-order valence-electron chi connectivity index (χ0n) is 8.81. The molecule has 90 valence electrons. The maximum absolute atomic E-state index is 11.1. The number of halogens is 1. The maximum Gasteiger partial charge on any atom is 0.310 e. The number of nitrogens with zero attached hydrogens (tertiary/aromatic N) is 1. The summed E-state index contributed by atoms with van der Waals surface area (Å²) in [5, 5.41) is 10.7. The zero-order valence-corrected chi connectivity index (χ0v) is 10.4. The average molecular weight is 302 g/mol. The molecule has 0 saturated heterocycles. The zero-order chi connectivity index (χ0) is 13.0. The molecule has 0 radical (unpaired) electrons. The Morgan fingerprint density at radius 1 is 1.59 bits per heavy atom. The van der Waals surface area contributed by atoms with Crippen molar-refractivity contribution in [2.45, 2.75) is 6.42 Å². The fourth-order valence-electron chi connectivity index (χ4n) is 1.24. The second kappa shape index (κ2) is 5.53. The first-order valence-electron chi connectivity index (χ1n) is 4.48. The van der Waals surface area contributed by atoms with Gasteiger partial charge >= 0.3 is 5.97 Å². The highest BCUT2D eigenvalue weighted by Gasteiger charge is 2.18. The molecule has 0 aliphatic carbocycles. The Kier molecular flexibility index (Phi) is 4.33. The highest BCUT2D eigenvalue weighted by Crippen LogP contribution is 2.26. The number of nitro benzene ring substituents is 1. The van der Waals surface area contributed by atoms with Crippen molar-refractivity contribution in [3.05, 3.63) is 37.8 Å². The topological polar surface area (TPSA) is 86.5 Å². The number of methoxy groups -OCH3 is 1. The quantitative estimate of drug-likeness (QED) is 0.367. The van der Waals surface area contributed by atoms with E-state index in [0.29, 0.717) is 16.3 Å². The molecule has 0 N–H and O–H groups in total. The van der Waals surface area contributed by atoms with Gasteiger partial charge in [0, 0.05) is 10.5 Å². The van der Waals surface area contributed by atoms with Gasteiger partial charge in [-0.05, 0) is 11.6 Å². The summed E-state index contributed by atoms with van der Waals surface area (Å²) in [5.74, 6) is -0.515. The van der Waals surface area contributed by atoms with Crippen LogP contribution in [0.2, 0.25) is 0 Å². The molecule has 0 unspecified atom stereocenters. The third-order valence-electron chi connectivity index (χ3n) is 2.08. The van der Waals surface area contributed by atoms with Crippen LogP contribution >= 0.6 is 15.9 Å². The molecule has 1 aromatic rings. The lowest BCUT2D eigenvalue weighted by Gasteiger charge is -2.04. The Balaban J connectivity index is 3.24. The lowest BCUT2D eigenvalue weighted by molar-refractivity contribution is -0.385. The van der Waals surface area contributed by atoms with E-state index in [0.717, 1.165) is 0 Å². The van der Waals surface area contributed by atoms with Gasteiger partial charge in [0.1, 0.15) is 0 Å². The summed E-state index contributed by atoms with van der Waals surface area (Å²) in [6.07, 6.45) is 0.294. The second-order valence-corrected chi connectivity index (χ2v) is 3.98. The molecule has 0 saturated carbocycles. The molecule has 0 aromatic heterocycles. The highest BCUT2D eigenvalue weighted by atomic mass is 79.9. The highest BCUT2D eigenvalue weighted by molar-refractivity contribution is 9.10. The number of hydrogen-bond donors (Lipinski definition) is 0. The van der Waals surface area contributed by atoms with E-state index < -0.39 is 10.9 Å². The molecule has 0 heterocycles. The van der Waals surface area contributed by atoms with Gasteiger partial charge in [-0.25, -0.2) is 0 Å². The fourth-order valence-corrected chi connectivity index (χ4v) is 1.74. The molecule has 1 rings (SSSR count). The van der Waals surface area contributed by atoms with E-state index in [4.69, 9.17) is 0 Å². The number of rotatable bonds is 4. The van der Waals surface area contributed by atoms with Crippen LogP contribution in [0.4, 0.5) is 5.69 Å². The first-order chi connectivity index (χ1) is 7.99. The second-order valence-electron chi connectivity index (χ2n) is 3.13.